The molecule has 0 bridgehead atoms. The van der Waals surface area contributed by atoms with Gasteiger partial charge in [0.2, 0.25) is 11.8 Å². The Bertz CT molecular complexity index is 1390. The first kappa shape index (κ1) is 30.7. The molecule has 0 saturated carbocycles. The van der Waals surface area contributed by atoms with Crippen molar-refractivity contribution < 1.29 is 29.0 Å². The maximum absolute atomic E-state index is 13.5. The van der Waals surface area contributed by atoms with E-state index >= 15 is 0 Å². The standard InChI is InChI=1S/C31H39N5O6/c1-18(2)27(36-30(40)26-16-21-15-23(42-3)9-10-24(21)34-26)31(41)35-25(13-19-7-5-4-6-8-19)29(39)33-22(17-37)14-20-11-12-32-28(20)38/h4-10,15-18,20,22,25,27-28,32,34,38H,11-14H2,1-3H3,(H,33,39)(H,35,41)(H,36,40)/t20-,22-,25-,27-,28?/m0/s1. The molecule has 4 rings (SSSR count). The molecule has 1 aliphatic rings. The number of hydrogen-bond acceptors (Lipinski definition) is 7. The van der Waals surface area contributed by atoms with Crippen LogP contribution in [0.25, 0.3) is 10.9 Å². The molecule has 224 valence electrons. The summed E-state index contributed by atoms with van der Waals surface area (Å²) in [7, 11) is 1.56. The zero-order chi connectivity index (χ0) is 30.2. The van der Waals surface area contributed by atoms with Crippen molar-refractivity contribution in [1.29, 1.82) is 0 Å². The molecular formula is C31H39N5O6. The van der Waals surface area contributed by atoms with Crippen LogP contribution in [0, 0.1) is 11.8 Å². The minimum absolute atomic E-state index is 0.172. The highest BCUT2D eigenvalue weighted by molar-refractivity contribution is 6.01. The van der Waals surface area contributed by atoms with E-state index in [-0.39, 0.29) is 30.4 Å². The minimum atomic E-state index is -1.01. The molecule has 6 N–H and O–H groups in total. The number of ether oxygens (including phenoxy) is 1. The summed E-state index contributed by atoms with van der Waals surface area (Å²) in [5, 5.41) is 22.1. The molecule has 0 radical (unpaired) electrons. The van der Waals surface area contributed by atoms with E-state index in [4.69, 9.17) is 4.74 Å². The van der Waals surface area contributed by atoms with E-state index in [1.165, 1.54) is 0 Å². The van der Waals surface area contributed by atoms with Gasteiger partial charge in [0.1, 0.15) is 36.0 Å². The van der Waals surface area contributed by atoms with Gasteiger partial charge >= 0.3 is 0 Å². The zero-order valence-electron chi connectivity index (χ0n) is 24.1. The van der Waals surface area contributed by atoms with E-state index in [1.807, 2.05) is 30.3 Å². The fourth-order valence-corrected chi connectivity index (χ4v) is 5.18. The lowest BCUT2D eigenvalue weighted by Gasteiger charge is -2.26. The predicted molar refractivity (Wildman–Crippen MR) is 158 cm³/mol. The van der Waals surface area contributed by atoms with Crippen LogP contribution in [0.1, 0.15) is 42.7 Å². The van der Waals surface area contributed by atoms with Gasteiger partial charge in [-0.05, 0) is 55.1 Å². The van der Waals surface area contributed by atoms with Crippen molar-refractivity contribution in [1.82, 2.24) is 26.3 Å². The number of hydrogen-bond donors (Lipinski definition) is 6. The monoisotopic (exact) mass is 577 g/mol. The molecule has 5 atom stereocenters. The average molecular weight is 578 g/mol. The third-order valence-electron chi connectivity index (χ3n) is 7.59. The Morgan fingerprint density at radius 3 is 2.45 bits per heavy atom. The van der Waals surface area contributed by atoms with E-state index in [0.29, 0.717) is 25.0 Å². The maximum atomic E-state index is 13.5. The van der Waals surface area contributed by atoms with Crippen LogP contribution in [-0.2, 0) is 20.8 Å². The first-order valence-corrected chi connectivity index (χ1v) is 14.2. The molecule has 1 saturated heterocycles. The Morgan fingerprint density at radius 1 is 1.05 bits per heavy atom. The number of aliphatic hydroxyl groups excluding tert-OH is 1. The second-order valence-electron chi connectivity index (χ2n) is 11.0. The second kappa shape index (κ2) is 14.1. The van der Waals surface area contributed by atoms with Crippen molar-refractivity contribution in [2.75, 3.05) is 13.7 Å². The highest BCUT2D eigenvalue weighted by atomic mass is 16.5. The third-order valence-corrected chi connectivity index (χ3v) is 7.59. The first-order valence-electron chi connectivity index (χ1n) is 14.2. The van der Waals surface area contributed by atoms with Gasteiger partial charge in [-0.15, -0.1) is 0 Å². The molecule has 1 aromatic heterocycles. The number of rotatable bonds is 13. The van der Waals surface area contributed by atoms with Crippen LogP contribution in [0.15, 0.2) is 54.6 Å². The van der Waals surface area contributed by atoms with Crippen molar-refractivity contribution in [2.24, 2.45) is 11.8 Å². The lowest BCUT2D eigenvalue weighted by Crippen LogP contribution is -2.57. The molecular weight excluding hydrogens is 538 g/mol. The number of aromatic amines is 1. The molecule has 11 nitrogen and oxygen atoms in total. The summed E-state index contributed by atoms with van der Waals surface area (Å²) >= 11 is 0. The smallest absolute Gasteiger partial charge is 0.268 e. The Hall–Kier alpha value is -4.22. The van der Waals surface area contributed by atoms with Crippen LogP contribution < -0.4 is 26.0 Å². The molecule has 11 heteroatoms. The SMILES string of the molecule is COc1ccc2[nH]c(C(=O)N[C@H](C(=O)N[C@@H](Cc3ccccc3)C(=O)N[C@H](C=O)C[C@@H]3CCNC3O)C(C)C)cc2c1. The van der Waals surface area contributed by atoms with Gasteiger partial charge in [-0.1, -0.05) is 44.2 Å². The molecule has 0 aliphatic carbocycles. The molecule has 0 spiro atoms. The fourth-order valence-electron chi connectivity index (χ4n) is 5.18. The van der Waals surface area contributed by atoms with Gasteiger partial charge in [-0.3, -0.25) is 19.7 Å². The Morgan fingerprint density at radius 2 is 1.81 bits per heavy atom. The van der Waals surface area contributed by atoms with Gasteiger partial charge < -0.3 is 35.6 Å². The lowest BCUT2D eigenvalue weighted by atomic mass is 9.97. The van der Waals surface area contributed by atoms with Crippen LogP contribution in [0.5, 0.6) is 5.75 Å². The second-order valence-corrected chi connectivity index (χ2v) is 11.0. The Kier molecular flexibility index (Phi) is 10.3. The molecule has 1 fully saturated rings. The number of amides is 3. The minimum Gasteiger partial charge on any atom is -0.497 e. The molecule has 3 aromatic rings. The summed E-state index contributed by atoms with van der Waals surface area (Å²) in [4.78, 5) is 55.0. The highest BCUT2D eigenvalue weighted by Crippen LogP contribution is 2.22. The average Bonchev–Trinajstić information content (AvgIpc) is 3.60. The number of nitrogens with one attached hydrogen (secondary N) is 5. The van der Waals surface area contributed by atoms with E-state index < -0.39 is 42.1 Å². The fraction of sp³-hybridized carbons (Fsp3) is 0.419. The molecule has 2 heterocycles. The summed E-state index contributed by atoms with van der Waals surface area (Å²) in [6, 6.07) is 13.5. The number of aromatic nitrogens is 1. The normalized spacial score (nSPS) is 18.7. The van der Waals surface area contributed by atoms with Crippen LogP contribution >= 0.6 is 0 Å². The third kappa shape index (κ3) is 7.74. The van der Waals surface area contributed by atoms with Crippen LogP contribution in [-0.4, -0.2) is 72.1 Å². The van der Waals surface area contributed by atoms with Gasteiger partial charge in [-0.25, -0.2) is 0 Å². The Balaban J connectivity index is 1.48. The zero-order valence-corrected chi connectivity index (χ0v) is 24.1. The highest BCUT2D eigenvalue weighted by Gasteiger charge is 2.32. The van der Waals surface area contributed by atoms with Crippen molar-refractivity contribution in [3.63, 3.8) is 0 Å². The summed E-state index contributed by atoms with van der Waals surface area (Å²) in [5.41, 5.74) is 1.85. The summed E-state index contributed by atoms with van der Waals surface area (Å²) in [5.74, 6) is -1.32. The number of aldehydes is 1. The van der Waals surface area contributed by atoms with Gasteiger partial charge in [-0.2, -0.15) is 0 Å². The lowest BCUT2D eigenvalue weighted by molar-refractivity contribution is -0.131. The molecule has 3 amide bonds. The van der Waals surface area contributed by atoms with E-state index in [2.05, 4.69) is 26.3 Å². The first-order chi connectivity index (χ1) is 20.2. The van der Waals surface area contributed by atoms with E-state index in [1.54, 1.807) is 45.2 Å². The summed E-state index contributed by atoms with van der Waals surface area (Å²) < 4.78 is 5.25. The van der Waals surface area contributed by atoms with Crippen molar-refractivity contribution in [2.45, 2.75) is 57.5 Å². The number of benzene rings is 2. The van der Waals surface area contributed by atoms with E-state index in [0.717, 1.165) is 16.5 Å². The van der Waals surface area contributed by atoms with Crippen molar-refractivity contribution in [3.8, 4) is 5.75 Å². The topological polar surface area (TPSA) is 162 Å². The molecule has 1 unspecified atom stereocenters. The molecule has 1 aliphatic heterocycles. The van der Waals surface area contributed by atoms with E-state index in [9.17, 15) is 24.3 Å². The molecule has 42 heavy (non-hydrogen) atoms. The Labute approximate surface area is 244 Å². The number of fused-ring (bicyclic) bond motifs is 1. The van der Waals surface area contributed by atoms with Crippen molar-refractivity contribution >= 4 is 34.9 Å². The quantitative estimate of drug-likeness (QED) is 0.168. The van der Waals surface area contributed by atoms with Gasteiger partial charge in [0.05, 0.1) is 13.2 Å². The number of aliphatic hydroxyl groups is 1. The number of H-pyrrole nitrogens is 1. The predicted octanol–water partition coefficient (Wildman–Crippen LogP) is 1.66. The van der Waals surface area contributed by atoms with Crippen LogP contribution in [0.3, 0.4) is 0 Å². The number of carbonyl (C=O) groups is 4. The molecule has 2 aromatic carbocycles. The number of carbonyl (C=O) groups excluding carboxylic acids is 4. The largest absolute Gasteiger partial charge is 0.497 e. The number of methoxy groups -OCH3 is 1. The van der Waals surface area contributed by atoms with Crippen molar-refractivity contribution in [3.05, 3.63) is 65.9 Å². The van der Waals surface area contributed by atoms with Crippen LogP contribution in [0.4, 0.5) is 0 Å². The van der Waals surface area contributed by atoms with Gasteiger partial charge in [0, 0.05) is 23.2 Å². The maximum Gasteiger partial charge on any atom is 0.268 e. The van der Waals surface area contributed by atoms with Crippen LogP contribution in [0.2, 0.25) is 0 Å². The van der Waals surface area contributed by atoms with Gasteiger partial charge in [0.15, 0.2) is 0 Å². The van der Waals surface area contributed by atoms with Gasteiger partial charge in [0.25, 0.3) is 5.91 Å². The summed E-state index contributed by atoms with van der Waals surface area (Å²) in [6.07, 6.45) is 1.05. The summed E-state index contributed by atoms with van der Waals surface area (Å²) in [6.45, 7) is 4.24.